The van der Waals surface area contributed by atoms with Crippen molar-refractivity contribution in [3.05, 3.63) is 71.1 Å². The molecule has 0 aromatic heterocycles. The van der Waals surface area contributed by atoms with Gasteiger partial charge < -0.3 is 9.64 Å². The lowest BCUT2D eigenvalue weighted by Crippen LogP contribution is -2.15. The van der Waals surface area contributed by atoms with Crippen molar-refractivity contribution in [2.45, 2.75) is 13.5 Å². The zero-order valence-electron chi connectivity index (χ0n) is 12.1. The molecule has 2 rings (SSSR count). The van der Waals surface area contributed by atoms with Crippen LogP contribution in [0.1, 0.15) is 12.5 Å². The van der Waals surface area contributed by atoms with Crippen LogP contribution in [0, 0.1) is 5.92 Å². The SMILES string of the molecule is COC(=O)/C=C/C1=CN(Cc2ccc(Cl)cc2)C=CC1C. The third-order valence-corrected chi connectivity index (χ3v) is 3.55. The molecule has 0 bridgehead atoms. The number of rotatable bonds is 4. The minimum Gasteiger partial charge on any atom is -0.466 e. The smallest absolute Gasteiger partial charge is 0.330 e. The minimum atomic E-state index is -0.345. The van der Waals surface area contributed by atoms with Crippen LogP contribution < -0.4 is 0 Å². The zero-order valence-corrected chi connectivity index (χ0v) is 12.9. The van der Waals surface area contributed by atoms with Crippen LogP contribution in [-0.2, 0) is 16.1 Å². The van der Waals surface area contributed by atoms with E-state index in [1.807, 2.05) is 30.5 Å². The number of carbonyl (C=O) groups is 1. The second-order valence-corrected chi connectivity index (χ2v) is 5.35. The molecule has 1 aromatic rings. The van der Waals surface area contributed by atoms with Crippen molar-refractivity contribution < 1.29 is 9.53 Å². The topological polar surface area (TPSA) is 29.5 Å². The Balaban J connectivity index is 2.08. The number of nitrogens with zero attached hydrogens (tertiary/aromatic N) is 1. The second kappa shape index (κ2) is 7.14. The third-order valence-electron chi connectivity index (χ3n) is 3.30. The van der Waals surface area contributed by atoms with Crippen molar-refractivity contribution in [1.82, 2.24) is 4.90 Å². The first kappa shape index (κ1) is 15.4. The Bertz CT molecular complexity index is 587. The molecular weight excluding hydrogens is 286 g/mol. The van der Waals surface area contributed by atoms with Gasteiger partial charge in [-0.15, -0.1) is 0 Å². The maximum atomic E-state index is 11.2. The highest BCUT2D eigenvalue weighted by Crippen LogP contribution is 2.22. The van der Waals surface area contributed by atoms with Crippen molar-refractivity contribution in [2.75, 3.05) is 7.11 Å². The molecule has 4 heteroatoms. The van der Waals surface area contributed by atoms with Crippen molar-refractivity contribution in [1.29, 1.82) is 0 Å². The van der Waals surface area contributed by atoms with Gasteiger partial charge in [0, 0.05) is 36.0 Å². The fraction of sp³-hybridized carbons (Fsp3) is 0.235. The Morgan fingerprint density at radius 2 is 2.10 bits per heavy atom. The lowest BCUT2D eigenvalue weighted by atomic mass is 9.99. The molecule has 0 N–H and O–H groups in total. The molecule has 1 aliphatic rings. The van der Waals surface area contributed by atoms with Crippen LogP contribution in [0.15, 0.2) is 60.5 Å². The predicted molar refractivity (Wildman–Crippen MR) is 84.5 cm³/mol. The summed E-state index contributed by atoms with van der Waals surface area (Å²) in [5.74, 6) is -0.0747. The number of esters is 1. The molecule has 0 saturated heterocycles. The average molecular weight is 304 g/mol. The van der Waals surface area contributed by atoms with Crippen LogP contribution in [0.5, 0.6) is 0 Å². The van der Waals surface area contributed by atoms with Crippen molar-refractivity contribution in [3.63, 3.8) is 0 Å². The fourth-order valence-electron chi connectivity index (χ4n) is 2.03. The summed E-state index contributed by atoms with van der Waals surface area (Å²) in [6.07, 6.45) is 9.44. The van der Waals surface area contributed by atoms with Gasteiger partial charge in [0.15, 0.2) is 0 Å². The van der Waals surface area contributed by atoms with Crippen molar-refractivity contribution in [2.24, 2.45) is 5.92 Å². The van der Waals surface area contributed by atoms with Crippen molar-refractivity contribution in [3.8, 4) is 0 Å². The highest BCUT2D eigenvalue weighted by atomic mass is 35.5. The summed E-state index contributed by atoms with van der Waals surface area (Å²) < 4.78 is 4.61. The normalized spacial score (nSPS) is 18.0. The van der Waals surface area contributed by atoms with E-state index in [1.54, 1.807) is 6.08 Å². The summed E-state index contributed by atoms with van der Waals surface area (Å²) in [6, 6.07) is 7.78. The first-order valence-electron chi connectivity index (χ1n) is 6.75. The standard InChI is InChI=1S/C17H18ClNO2/c1-13-9-10-19(11-14-3-6-16(18)7-4-14)12-15(13)5-8-17(20)21-2/h3-10,12-13H,11H2,1-2H3/b8-5+. The maximum absolute atomic E-state index is 11.2. The van der Waals surface area contributed by atoms with Crippen LogP contribution in [0.4, 0.5) is 0 Å². The molecule has 1 heterocycles. The molecule has 3 nitrogen and oxygen atoms in total. The third kappa shape index (κ3) is 4.50. The number of ether oxygens (including phenoxy) is 1. The molecule has 0 radical (unpaired) electrons. The number of allylic oxidation sites excluding steroid dienone is 3. The maximum Gasteiger partial charge on any atom is 0.330 e. The predicted octanol–water partition coefficient (Wildman–Crippen LogP) is 3.92. The monoisotopic (exact) mass is 303 g/mol. The highest BCUT2D eigenvalue weighted by molar-refractivity contribution is 6.30. The number of halogens is 1. The molecule has 110 valence electrons. The van der Waals surface area contributed by atoms with E-state index in [4.69, 9.17) is 11.6 Å². The summed E-state index contributed by atoms with van der Waals surface area (Å²) in [4.78, 5) is 13.3. The van der Waals surface area contributed by atoms with Crippen molar-refractivity contribution >= 4 is 17.6 Å². The Hall–Kier alpha value is -2.00. The van der Waals surface area contributed by atoms with Crippen LogP contribution in [0.25, 0.3) is 0 Å². The first-order valence-corrected chi connectivity index (χ1v) is 7.12. The van der Waals surface area contributed by atoms with E-state index in [0.717, 1.165) is 17.1 Å². The van der Waals surface area contributed by atoms with Gasteiger partial charge in [-0.25, -0.2) is 4.79 Å². The quantitative estimate of drug-likeness (QED) is 0.624. The van der Waals surface area contributed by atoms with Crippen LogP contribution in [0.3, 0.4) is 0 Å². The molecule has 0 saturated carbocycles. The summed E-state index contributed by atoms with van der Waals surface area (Å²) >= 11 is 5.89. The van der Waals surface area contributed by atoms with Gasteiger partial charge in [-0.3, -0.25) is 0 Å². The number of hydrogen-bond acceptors (Lipinski definition) is 3. The minimum absolute atomic E-state index is 0.271. The van der Waals surface area contributed by atoms with E-state index in [-0.39, 0.29) is 11.9 Å². The van der Waals surface area contributed by atoms with Crippen LogP contribution in [0.2, 0.25) is 5.02 Å². The van der Waals surface area contributed by atoms with Gasteiger partial charge in [0.1, 0.15) is 0 Å². The molecule has 1 atom stereocenters. The Morgan fingerprint density at radius 3 is 2.76 bits per heavy atom. The molecule has 0 spiro atoms. The fourth-order valence-corrected chi connectivity index (χ4v) is 2.15. The summed E-state index contributed by atoms with van der Waals surface area (Å²) in [6.45, 7) is 2.85. The molecule has 0 aliphatic carbocycles. The van der Waals surface area contributed by atoms with Gasteiger partial charge in [-0.1, -0.05) is 36.7 Å². The van der Waals surface area contributed by atoms with Crippen LogP contribution >= 0.6 is 11.6 Å². The van der Waals surface area contributed by atoms with Gasteiger partial charge in [-0.05, 0) is 29.3 Å². The number of hydrogen-bond donors (Lipinski definition) is 0. The highest BCUT2D eigenvalue weighted by Gasteiger charge is 2.11. The van der Waals surface area contributed by atoms with Gasteiger partial charge >= 0.3 is 5.97 Å². The van der Waals surface area contributed by atoms with E-state index in [1.165, 1.54) is 18.7 Å². The van der Waals surface area contributed by atoms with E-state index in [0.29, 0.717) is 0 Å². The van der Waals surface area contributed by atoms with E-state index in [9.17, 15) is 4.79 Å². The van der Waals surface area contributed by atoms with E-state index < -0.39 is 0 Å². The summed E-state index contributed by atoms with van der Waals surface area (Å²) in [5.41, 5.74) is 2.24. The molecule has 0 amide bonds. The lowest BCUT2D eigenvalue weighted by molar-refractivity contribution is -0.134. The number of methoxy groups -OCH3 is 1. The molecule has 21 heavy (non-hydrogen) atoms. The van der Waals surface area contributed by atoms with Gasteiger partial charge in [0.05, 0.1) is 7.11 Å². The first-order chi connectivity index (χ1) is 10.1. The van der Waals surface area contributed by atoms with Gasteiger partial charge in [0.25, 0.3) is 0 Å². The molecule has 0 fully saturated rings. The summed E-state index contributed by atoms with van der Waals surface area (Å²) in [5, 5.41) is 0.735. The number of carbonyl (C=O) groups excluding carboxylic acids is 1. The van der Waals surface area contributed by atoms with E-state index >= 15 is 0 Å². The average Bonchev–Trinajstić information content (AvgIpc) is 2.49. The second-order valence-electron chi connectivity index (χ2n) is 4.91. The van der Waals surface area contributed by atoms with Gasteiger partial charge in [0.2, 0.25) is 0 Å². The van der Waals surface area contributed by atoms with Crippen LogP contribution in [-0.4, -0.2) is 18.0 Å². The zero-order chi connectivity index (χ0) is 15.2. The van der Waals surface area contributed by atoms with Gasteiger partial charge in [-0.2, -0.15) is 0 Å². The Morgan fingerprint density at radius 1 is 1.38 bits per heavy atom. The van der Waals surface area contributed by atoms with E-state index in [2.05, 4.69) is 28.8 Å². The Labute approximate surface area is 130 Å². The molecule has 1 aromatic carbocycles. The molecule has 1 aliphatic heterocycles. The largest absolute Gasteiger partial charge is 0.466 e. The Kier molecular flexibility index (Phi) is 5.23. The lowest BCUT2D eigenvalue weighted by Gasteiger charge is -2.24. The summed E-state index contributed by atoms with van der Waals surface area (Å²) in [7, 11) is 1.37. The molecule has 1 unspecified atom stereocenters. The molecular formula is C17H18ClNO2. The number of benzene rings is 1.